The van der Waals surface area contributed by atoms with Crippen molar-refractivity contribution in [2.75, 3.05) is 32.1 Å². The molecule has 0 aliphatic carbocycles. The third kappa shape index (κ3) is 2.41. The predicted molar refractivity (Wildman–Crippen MR) is 105 cm³/mol. The van der Waals surface area contributed by atoms with Crippen LogP contribution in [0, 0.1) is 11.3 Å². The average Bonchev–Trinajstić information content (AvgIpc) is 3.32. The van der Waals surface area contributed by atoms with Gasteiger partial charge in [0.05, 0.1) is 22.8 Å². The second-order valence-electron chi connectivity index (χ2n) is 7.22. The van der Waals surface area contributed by atoms with Gasteiger partial charge in [0.15, 0.2) is 11.3 Å². The zero-order chi connectivity index (χ0) is 18.5. The maximum Gasteiger partial charge on any atom is 0.167 e. The number of rotatable bonds is 2. The van der Waals surface area contributed by atoms with Crippen molar-refractivity contribution >= 4 is 33.7 Å². The summed E-state index contributed by atoms with van der Waals surface area (Å²) in [5.41, 5.74) is 4.37. The Morgan fingerprint density at radius 3 is 2.78 bits per heavy atom. The Kier molecular flexibility index (Phi) is 3.49. The van der Waals surface area contributed by atoms with E-state index >= 15 is 0 Å². The lowest BCUT2D eigenvalue weighted by Gasteiger charge is -2.21. The van der Waals surface area contributed by atoms with Crippen LogP contribution in [0.1, 0.15) is 12.0 Å². The van der Waals surface area contributed by atoms with Crippen LogP contribution < -0.4 is 4.90 Å². The molecular weight excluding hydrogens is 338 g/mol. The van der Waals surface area contributed by atoms with E-state index in [2.05, 4.69) is 39.9 Å². The molecule has 7 nitrogen and oxygen atoms in total. The van der Waals surface area contributed by atoms with E-state index in [9.17, 15) is 5.26 Å². The molecule has 1 aliphatic rings. The molecule has 0 N–H and O–H groups in total. The van der Waals surface area contributed by atoms with E-state index in [1.165, 1.54) is 0 Å². The molecule has 4 heterocycles. The number of nitriles is 1. The monoisotopic (exact) mass is 357 g/mol. The zero-order valence-electron chi connectivity index (χ0n) is 15.3. The largest absolute Gasteiger partial charge is 0.354 e. The van der Waals surface area contributed by atoms with Crippen LogP contribution >= 0.6 is 0 Å². The van der Waals surface area contributed by atoms with Crippen LogP contribution in [0.5, 0.6) is 0 Å². The molecule has 27 heavy (non-hydrogen) atoms. The average molecular weight is 357 g/mol. The molecule has 0 saturated carbocycles. The number of benzene rings is 1. The molecule has 0 spiro atoms. The lowest BCUT2D eigenvalue weighted by Crippen LogP contribution is -2.31. The van der Waals surface area contributed by atoms with Gasteiger partial charge in [-0.05, 0) is 38.7 Å². The number of likely N-dealkylation sites (N-methyl/N-ethyl adjacent to an activating group) is 1. The smallest absolute Gasteiger partial charge is 0.167 e. The Bertz CT molecular complexity index is 1220. The normalized spacial score (nSPS) is 17.4. The minimum Gasteiger partial charge on any atom is -0.354 e. The Morgan fingerprint density at radius 2 is 2.00 bits per heavy atom. The number of nitrogens with zero attached hydrogens (tertiary/aromatic N) is 7. The fourth-order valence-corrected chi connectivity index (χ4v) is 3.87. The van der Waals surface area contributed by atoms with E-state index in [1.54, 1.807) is 6.07 Å². The van der Waals surface area contributed by atoms with Crippen molar-refractivity contribution in [3.63, 3.8) is 0 Å². The molecule has 0 bridgehead atoms. The highest BCUT2D eigenvalue weighted by Gasteiger charge is 2.25. The summed E-state index contributed by atoms with van der Waals surface area (Å²) in [5.74, 6) is 0.871. The van der Waals surface area contributed by atoms with Crippen LogP contribution in [0.3, 0.4) is 0 Å². The standard InChI is InChI=1S/C20H19N7/c1-25(2)14-7-8-26(12-14)18-11-22-16-9-13(10-21)19-23-15-5-3-4-6-17(15)27(19)20(16)24-18/h3-6,9,11,14H,7-8,12H2,1-2H3. The van der Waals surface area contributed by atoms with E-state index in [0.717, 1.165) is 42.0 Å². The number of hydrogen-bond acceptors (Lipinski definition) is 6. The van der Waals surface area contributed by atoms with Crippen molar-refractivity contribution in [2.24, 2.45) is 0 Å². The Morgan fingerprint density at radius 1 is 1.15 bits per heavy atom. The summed E-state index contributed by atoms with van der Waals surface area (Å²) in [4.78, 5) is 18.7. The molecule has 1 atom stereocenters. The third-order valence-corrected chi connectivity index (χ3v) is 5.40. The minimum absolute atomic E-state index is 0.509. The van der Waals surface area contributed by atoms with Gasteiger partial charge in [0, 0.05) is 19.1 Å². The van der Waals surface area contributed by atoms with E-state index in [-0.39, 0.29) is 0 Å². The summed E-state index contributed by atoms with van der Waals surface area (Å²) < 4.78 is 1.96. The number of pyridine rings is 1. The van der Waals surface area contributed by atoms with Gasteiger partial charge < -0.3 is 9.80 Å². The van der Waals surface area contributed by atoms with Gasteiger partial charge in [-0.15, -0.1) is 0 Å². The van der Waals surface area contributed by atoms with Gasteiger partial charge in [-0.2, -0.15) is 5.26 Å². The van der Waals surface area contributed by atoms with Crippen LogP contribution in [0.2, 0.25) is 0 Å². The fraction of sp³-hybridized carbons (Fsp3) is 0.300. The molecular formula is C20H19N7. The summed E-state index contributed by atoms with van der Waals surface area (Å²) in [6.07, 6.45) is 2.93. The minimum atomic E-state index is 0.509. The fourth-order valence-electron chi connectivity index (χ4n) is 3.87. The SMILES string of the molecule is CN(C)C1CCN(c2cnc3cc(C#N)c4nc5ccccc5n4c3n2)C1. The first-order valence-electron chi connectivity index (χ1n) is 9.04. The molecule has 0 radical (unpaired) electrons. The van der Waals surface area contributed by atoms with Gasteiger partial charge in [-0.1, -0.05) is 12.1 Å². The second-order valence-corrected chi connectivity index (χ2v) is 7.22. The predicted octanol–water partition coefficient (Wildman–Crippen LogP) is 2.44. The van der Waals surface area contributed by atoms with Gasteiger partial charge in [-0.25, -0.2) is 15.0 Å². The maximum absolute atomic E-state index is 9.56. The third-order valence-electron chi connectivity index (χ3n) is 5.40. The highest BCUT2D eigenvalue weighted by atomic mass is 15.3. The van der Waals surface area contributed by atoms with Crippen molar-refractivity contribution < 1.29 is 0 Å². The summed E-state index contributed by atoms with van der Waals surface area (Å²) in [6.45, 7) is 1.91. The number of aromatic nitrogens is 4. The molecule has 3 aromatic heterocycles. The first-order chi connectivity index (χ1) is 13.2. The van der Waals surface area contributed by atoms with Gasteiger partial charge >= 0.3 is 0 Å². The van der Waals surface area contributed by atoms with Crippen molar-refractivity contribution in [3.8, 4) is 6.07 Å². The van der Waals surface area contributed by atoms with E-state index in [4.69, 9.17) is 4.98 Å². The van der Waals surface area contributed by atoms with Crippen molar-refractivity contribution in [1.29, 1.82) is 5.26 Å². The molecule has 1 unspecified atom stereocenters. The number of imidazole rings is 1. The summed E-state index contributed by atoms with van der Waals surface area (Å²) in [6, 6.07) is 12.4. The molecule has 4 aromatic rings. The topological polar surface area (TPSA) is 73.3 Å². The molecule has 1 aromatic carbocycles. The molecule has 134 valence electrons. The highest BCUT2D eigenvalue weighted by Crippen LogP contribution is 2.27. The lowest BCUT2D eigenvalue weighted by atomic mass is 10.2. The quantitative estimate of drug-likeness (QED) is 0.549. The Balaban J connectivity index is 1.75. The number of para-hydroxylation sites is 2. The molecule has 5 rings (SSSR count). The van der Waals surface area contributed by atoms with Gasteiger partial charge in [0.2, 0.25) is 0 Å². The second kappa shape index (κ2) is 5.89. The lowest BCUT2D eigenvalue weighted by molar-refractivity contribution is 0.315. The van der Waals surface area contributed by atoms with E-state index < -0.39 is 0 Å². The molecule has 1 aliphatic heterocycles. The van der Waals surface area contributed by atoms with E-state index in [1.807, 2.05) is 34.9 Å². The van der Waals surface area contributed by atoms with Crippen LogP contribution in [0.4, 0.5) is 5.82 Å². The van der Waals surface area contributed by atoms with Gasteiger partial charge in [-0.3, -0.25) is 4.40 Å². The van der Waals surface area contributed by atoms with Gasteiger partial charge in [0.1, 0.15) is 17.4 Å². The summed E-state index contributed by atoms with van der Waals surface area (Å²) in [7, 11) is 4.23. The number of fused-ring (bicyclic) bond motifs is 5. The Labute approximate surface area is 156 Å². The molecule has 7 heteroatoms. The maximum atomic E-state index is 9.56. The van der Waals surface area contributed by atoms with Crippen molar-refractivity contribution in [1.82, 2.24) is 24.3 Å². The van der Waals surface area contributed by atoms with Crippen molar-refractivity contribution in [2.45, 2.75) is 12.5 Å². The van der Waals surface area contributed by atoms with Crippen LogP contribution in [0.15, 0.2) is 36.5 Å². The number of anilines is 1. The van der Waals surface area contributed by atoms with E-state index in [0.29, 0.717) is 22.8 Å². The number of hydrogen-bond donors (Lipinski definition) is 0. The molecule has 1 fully saturated rings. The Hall–Kier alpha value is -3.24. The summed E-state index contributed by atoms with van der Waals surface area (Å²) >= 11 is 0. The van der Waals surface area contributed by atoms with Crippen LogP contribution in [-0.4, -0.2) is 57.5 Å². The molecule has 0 amide bonds. The molecule has 1 saturated heterocycles. The van der Waals surface area contributed by atoms with Gasteiger partial charge in [0.25, 0.3) is 0 Å². The zero-order valence-corrected chi connectivity index (χ0v) is 15.3. The first-order valence-corrected chi connectivity index (χ1v) is 9.04. The first kappa shape index (κ1) is 16.0. The van der Waals surface area contributed by atoms with Crippen LogP contribution in [0.25, 0.3) is 27.8 Å². The van der Waals surface area contributed by atoms with Crippen molar-refractivity contribution in [3.05, 3.63) is 42.1 Å². The van der Waals surface area contributed by atoms with Crippen LogP contribution in [-0.2, 0) is 0 Å². The summed E-state index contributed by atoms with van der Waals surface area (Å²) in [5, 5.41) is 9.56. The highest BCUT2D eigenvalue weighted by molar-refractivity contribution is 5.90.